The van der Waals surface area contributed by atoms with E-state index < -0.39 is 5.60 Å². The maximum absolute atomic E-state index is 11.7. The van der Waals surface area contributed by atoms with Gasteiger partial charge in [-0.25, -0.2) is 0 Å². The number of carbonyl (C=O) groups excluding carboxylic acids is 1. The maximum Gasteiger partial charge on any atom is 0.223 e. The van der Waals surface area contributed by atoms with Gasteiger partial charge in [-0.15, -0.1) is 0 Å². The quantitative estimate of drug-likeness (QED) is 0.818. The summed E-state index contributed by atoms with van der Waals surface area (Å²) in [7, 11) is 0. The van der Waals surface area contributed by atoms with Gasteiger partial charge in [0, 0.05) is 0 Å². The highest BCUT2D eigenvalue weighted by Crippen LogP contribution is 2.19. The van der Waals surface area contributed by atoms with E-state index in [9.17, 15) is 9.90 Å². The van der Waals surface area contributed by atoms with Gasteiger partial charge in [-0.05, 0) is 31.2 Å². The monoisotopic (exact) mass is 289 g/mol. The van der Waals surface area contributed by atoms with Gasteiger partial charge in [0.2, 0.25) is 5.91 Å². The van der Waals surface area contributed by atoms with E-state index in [1.54, 1.807) is 19.1 Å². The molecule has 0 aliphatic heterocycles. The average Bonchev–Trinajstić information content (AvgIpc) is 3.01. The molecule has 0 bridgehead atoms. The molecule has 112 valence electrons. The van der Waals surface area contributed by atoms with Crippen LogP contribution < -0.4 is 10.1 Å². The molecule has 21 heavy (non-hydrogen) atoms. The molecule has 1 heterocycles. The molecule has 2 rings (SSSR count). The van der Waals surface area contributed by atoms with Crippen molar-refractivity contribution in [2.24, 2.45) is 0 Å². The zero-order valence-corrected chi connectivity index (χ0v) is 11.9. The van der Waals surface area contributed by atoms with Crippen LogP contribution in [0.5, 0.6) is 5.75 Å². The molecule has 0 radical (unpaired) electrons. The number of rotatable bonds is 7. The molecule has 0 saturated heterocycles. The highest BCUT2D eigenvalue weighted by Gasteiger charge is 2.26. The number of amides is 1. The van der Waals surface area contributed by atoms with Gasteiger partial charge in [0.25, 0.3) is 0 Å². The van der Waals surface area contributed by atoms with Gasteiger partial charge in [-0.1, -0.05) is 18.2 Å². The van der Waals surface area contributed by atoms with E-state index in [0.717, 1.165) is 5.75 Å². The van der Waals surface area contributed by atoms with E-state index in [1.165, 1.54) is 6.26 Å². The molecule has 2 aromatic rings. The number of nitrogens with one attached hydrogen (secondary N) is 1. The van der Waals surface area contributed by atoms with Crippen LogP contribution in [0.4, 0.5) is 0 Å². The third-order valence-corrected chi connectivity index (χ3v) is 3.02. The van der Waals surface area contributed by atoms with Crippen LogP contribution in [0.15, 0.2) is 53.1 Å². The summed E-state index contributed by atoms with van der Waals surface area (Å²) >= 11 is 0. The van der Waals surface area contributed by atoms with Crippen LogP contribution in [-0.4, -0.2) is 24.2 Å². The van der Waals surface area contributed by atoms with Gasteiger partial charge in [0.15, 0.2) is 0 Å². The molecule has 2 N–H and O–H groups in total. The summed E-state index contributed by atoms with van der Waals surface area (Å²) in [5.74, 6) is 0.967. The first-order chi connectivity index (χ1) is 10.1. The van der Waals surface area contributed by atoms with Crippen LogP contribution >= 0.6 is 0 Å². The number of furan rings is 1. The Morgan fingerprint density at radius 1 is 1.29 bits per heavy atom. The normalized spacial score (nSPS) is 13.4. The second-order valence-corrected chi connectivity index (χ2v) is 4.94. The van der Waals surface area contributed by atoms with Crippen LogP contribution in [0.3, 0.4) is 0 Å². The minimum atomic E-state index is -1.22. The first kappa shape index (κ1) is 15.1. The maximum atomic E-state index is 11.7. The minimum absolute atomic E-state index is 0.0880. The third kappa shape index (κ3) is 4.65. The molecule has 5 heteroatoms. The summed E-state index contributed by atoms with van der Waals surface area (Å²) < 4.78 is 10.6. The minimum Gasteiger partial charge on any atom is -0.493 e. The second kappa shape index (κ2) is 6.95. The summed E-state index contributed by atoms with van der Waals surface area (Å²) in [6.45, 7) is 1.97. The molecule has 1 aromatic carbocycles. The van der Waals surface area contributed by atoms with Crippen molar-refractivity contribution in [1.29, 1.82) is 0 Å². The van der Waals surface area contributed by atoms with E-state index >= 15 is 0 Å². The summed E-state index contributed by atoms with van der Waals surface area (Å²) in [5.41, 5.74) is -1.22. The Kier molecular flexibility index (Phi) is 5.00. The number of hydrogen-bond donors (Lipinski definition) is 2. The van der Waals surface area contributed by atoms with Crippen LogP contribution in [0, 0.1) is 0 Å². The Hall–Kier alpha value is -2.27. The zero-order valence-electron chi connectivity index (χ0n) is 11.9. The Balaban J connectivity index is 1.70. The molecule has 0 spiro atoms. The van der Waals surface area contributed by atoms with E-state index in [2.05, 4.69) is 5.32 Å². The number of benzene rings is 1. The number of ether oxygens (including phenoxy) is 1. The van der Waals surface area contributed by atoms with Crippen molar-refractivity contribution in [2.45, 2.75) is 18.9 Å². The largest absolute Gasteiger partial charge is 0.493 e. The van der Waals surface area contributed by atoms with Crippen LogP contribution in [0.25, 0.3) is 0 Å². The van der Waals surface area contributed by atoms with E-state index in [4.69, 9.17) is 9.15 Å². The van der Waals surface area contributed by atoms with Gasteiger partial charge >= 0.3 is 0 Å². The van der Waals surface area contributed by atoms with Gasteiger partial charge in [0.05, 0.1) is 25.8 Å². The molecule has 1 aromatic heterocycles. The van der Waals surface area contributed by atoms with Gasteiger partial charge in [0.1, 0.15) is 17.1 Å². The van der Waals surface area contributed by atoms with Crippen molar-refractivity contribution in [2.75, 3.05) is 13.2 Å². The average molecular weight is 289 g/mol. The fourth-order valence-corrected chi connectivity index (χ4v) is 1.81. The van der Waals surface area contributed by atoms with Crippen molar-refractivity contribution in [1.82, 2.24) is 5.32 Å². The zero-order chi connectivity index (χ0) is 15.1. The molecule has 1 atom stereocenters. The standard InChI is InChI=1S/C16H19NO4/c1-16(19,14-8-5-10-21-14)12-17-15(18)9-11-20-13-6-3-2-4-7-13/h2-8,10,19H,9,11-12H2,1H3,(H,17,18). The molecule has 0 aliphatic rings. The summed E-state index contributed by atoms with van der Waals surface area (Å²) in [5, 5.41) is 12.9. The van der Waals surface area contributed by atoms with E-state index in [1.807, 2.05) is 30.3 Å². The number of hydrogen-bond acceptors (Lipinski definition) is 4. The topological polar surface area (TPSA) is 71.7 Å². The number of carbonyl (C=O) groups is 1. The Morgan fingerprint density at radius 3 is 2.71 bits per heavy atom. The molecular weight excluding hydrogens is 270 g/mol. The third-order valence-electron chi connectivity index (χ3n) is 3.02. The summed E-state index contributed by atoms with van der Waals surface area (Å²) in [6, 6.07) is 12.7. The molecule has 0 fully saturated rings. The lowest BCUT2D eigenvalue weighted by Gasteiger charge is -2.21. The SMILES string of the molecule is CC(O)(CNC(=O)CCOc1ccccc1)c1ccco1. The summed E-state index contributed by atoms with van der Waals surface area (Å²) in [6.07, 6.45) is 1.71. The molecule has 0 aliphatic carbocycles. The Labute approximate surface area is 123 Å². The van der Waals surface area contributed by atoms with Crippen molar-refractivity contribution in [3.63, 3.8) is 0 Å². The van der Waals surface area contributed by atoms with Crippen LogP contribution in [-0.2, 0) is 10.4 Å². The van der Waals surface area contributed by atoms with Crippen LogP contribution in [0.1, 0.15) is 19.1 Å². The van der Waals surface area contributed by atoms with Crippen molar-refractivity contribution < 1.29 is 19.1 Å². The predicted molar refractivity (Wildman–Crippen MR) is 77.8 cm³/mol. The highest BCUT2D eigenvalue weighted by molar-refractivity contribution is 5.76. The summed E-state index contributed by atoms with van der Waals surface area (Å²) in [4.78, 5) is 11.7. The fourth-order valence-electron chi connectivity index (χ4n) is 1.81. The van der Waals surface area contributed by atoms with E-state index in [-0.39, 0.29) is 18.9 Å². The lowest BCUT2D eigenvalue weighted by molar-refractivity contribution is -0.122. The predicted octanol–water partition coefficient (Wildman–Crippen LogP) is 2.07. The van der Waals surface area contributed by atoms with Crippen molar-refractivity contribution in [3.05, 3.63) is 54.5 Å². The van der Waals surface area contributed by atoms with E-state index in [0.29, 0.717) is 12.4 Å². The fraction of sp³-hybridized carbons (Fsp3) is 0.312. The lowest BCUT2D eigenvalue weighted by Crippen LogP contribution is -2.38. The lowest BCUT2D eigenvalue weighted by atomic mass is 10.0. The molecular formula is C16H19NO4. The first-order valence-electron chi connectivity index (χ1n) is 6.79. The molecule has 1 amide bonds. The Morgan fingerprint density at radius 2 is 2.05 bits per heavy atom. The highest BCUT2D eigenvalue weighted by atomic mass is 16.5. The molecule has 0 saturated carbocycles. The Bertz CT molecular complexity index is 549. The molecule has 1 unspecified atom stereocenters. The van der Waals surface area contributed by atoms with Gasteiger partial charge in [-0.2, -0.15) is 0 Å². The van der Waals surface area contributed by atoms with Crippen molar-refractivity contribution >= 4 is 5.91 Å². The number of aliphatic hydroxyl groups is 1. The smallest absolute Gasteiger partial charge is 0.223 e. The van der Waals surface area contributed by atoms with Gasteiger partial charge in [-0.3, -0.25) is 4.79 Å². The van der Waals surface area contributed by atoms with Crippen LogP contribution in [0.2, 0.25) is 0 Å². The molecule has 5 nitrogen and oxygen atoms in total. The first-order valence-corrected chi connectivity index (χ1v) is 6.79. The van der Waals surface area contributed by atoms with Crippen molar-refractivity contribution in [3.8, 4) is 5.75 Å². The number of para-hydroxylation sites is 1. The second-order valence-electron chi connectivity index (χ2n) is 4.94. The van der Waals surface area contributed by atoms with Gasteiger partial charge < -0.3 is 19.6 Å².